The van der Waals surface area contributed by atoms with Crippen LogP contribution in [-0.4, -0.2) is 19.1 Å². The molecule has 1 N–H and O–H groups in total. The maximum absolute atomic E-state index is 12.5. The molecule has 1 aromatic rings. The Kier molecular flexibility index (Phi) is 3.97. The minimum absolute atomic E-state index is 0.0597. The van der Waals surface area contributed by atoms with Gasteiger partial charge in [0.05, 0.1) is 5.56 Å². The maximum Gasteiger partial charge on any atom is 0.387 e. The van der Waals surface area contributed by atoms with Crippen molar-refractivity contribution in [3.8, 4) is 5.75 Å². The first-order chi connectivity index (χ1) is 11.5. The van der Waals surface area contributed by atoms with E-state index in [1.807, 2.05) is 0 Å². The fourth-order valence-electron chi connectivity index (χ4n) is 5.72. The molecule has 0 aliphatic heterocycles. The molecule has 4 bridgehead atoms. The van der Waals surface area contributed by atoms with Crippen LogP contribution >= 0.6 is 0 Å². The molecule has 0 aromatic heterocycles. The lowest BCUT2D eigenvalue weighted by atomic mass is 9.49. The predicted octanol–water partition coefficient (Wildman–Crippen LogP) is 4.23. The number of para-hydroxylation sites is 1. The average molecular weight is 335 g/mol. The van der Waals surface area contributed by atoms with Crippen molar-refractivity contribution >= 4 is 5.91 Å². The summed E-state index contributed by atoms with van der Waals surface area (Å²) in [6.45, 7) is -2.28. The summed E-state index contributed by atoms with van der Waals surface area (Å²) in [4.78, 5) is 12.5. The molecule has 4 aliphatic rings. The Labute approximate surface area is 140 Å². The molecule has 1 amide bonds. The number of nitrogens with one attached hydrogen (secondary N) is 1. The lowest BCUT2D eigenvalue weighted by Gasteiger charge is -2.56. The van der Waals surface area contributed by atoms with Crippen LogP contribution in [0.1, 0.15) is 48.9 Å². The van der Waals surface area contributed by atoms with E-state index >= 15 is 0 Å². The number of benzene rings is 1. The van der Waals surface area contributed by atoms with Gasteiger partial charge in [-0.25, -0.2) is 0 Å². The van der Waals surface area contributed by atoms with Gasteiger partial charge in [0.1, 0.15) is 5.75 Å². The van der Waals surface area contributed by atoms with Gasteiger partial charge in [-0.3, -0.25) is 4.79 Å². The van der Waals surface area contributed by atoms with Crippen molar-refractivity contribution in [3.63, 3.8) is 0 Å². The van der Waals surface area contributed by atoms with E-state index in [9.17, 15) is 13.6 Å². The van der Waals surface area contributed by atoms with Gasteiger partial charge in [0.25, 0.3) is 5.91 Å². The number of rotatable bonds is 5. The van der Waals surface area contributed by atoms with Crippen LogP contribution in [0, 0.1) is 23.2 Å². The van der Waals surface area contributed by atoms with Crippen molar-refractivity contribution < 1.29 is 18.3 Å². The molecule has 4 aliphatic carbocycles. The minimum atomic E-state index is -2.93. The van der Waals surface area contributed by atoms with Gasteiger partial charge in [-0.15, -0.1) is 0 Å². The number of amides is 1. The van der Waals surface area contributed by atoms with E-state index in [1.165, 1.54) is 50.7 Å². The highest BCUT2D eigenvalue weighted by Crippen LogP contribution is 2.59. The first-order valence-electron chi connectivity index (χ1n) is 8.85. The zero-order chi connectivity index (χ0) is 16.7. The number of carbonyl (C=O) groups excluding carboxylic acids is 1. The number of halogens is 2. The van der Waals surface area contributed by atoms with Gasteiger partial charge in [0.2, 0.25) is 0 Å². The van der Waals surface area contributed by atoms with Crippen LogP contribution in [0.5, 0.6) is 5.75 Å². The molecule has 0 atom stereocenters. The van der Waals surface area contributed by atoms with Crippen molar-refractivity contribution in [1.82, 2.24) is 5.32 Å². The van der Waals surface area contributed by atoms with Crippen LogP contribution in [-0.2, 0) is 0 Å². The smallest absolute Gasteiger partial charge is 0.387 e. The lowest BCUT2D eigenvalue weighted by Crippen LogP contribution is -2.51. The first kappa shape index (κ1) is 15.9. The summed E-state index contributed by atoms with van der Waals surface area (Å²) in [6.07, 6.45) is 7.69. The van der Waals surface area contributed by atoms with Crippen LogP contribution < -0.4 is 10.1 Å². The SMILES string of the molecule is O=C(NCC12CC3CC(CC(C3)C1)C2)c1ccccc1OC(F)F. The van der Waals surface area contributed by atoms with Crippen molar-refractivity contribution in [2.75, 3.05) is 6.54 Å². The van der Waals surface area contributed by atoms with Gasteiger partial charge in [-0.05, 0) is 73.8 Å². The number of ether oxygens (including phenoxy) is 1. The summed E-state index contributed by atoms with van der Waals surface area (Å²) in [5.41, 5.74) is 0.408. The zero-order valence-electron chi connectivity index (χ0n) is 13.6. The molecule has 0 heterocycles. The van der Waals surface area contributed by atoms with Gasteiger partial charge in [0, 0.05) is 6.54 Å². The molecule has 3 nitrogen and oxygen atoms in total. The number of carbonyl (C=O) groups is 1. The topological polar surface area (TPSA) is 38.3 Å². The van der Waals surface area contributed by atoms with Crippen LogP contribution in [0.2, 0.25) is 0 Å². The molecule has 5 heteroatoms. The van der Waals surface area contributed by atoms with Gasteiger partial charge in [-0.2, -0.15) is 8.78 Å². The molecule has 24 heavy (non-hydrogen) atoms. The van der Waals surface area contributed by atoms with Crippen LogP contribution in [0.25, 0.3) is 0 Å². The molecule has 0 saturated heterocycles. The molecule has 0 unspecified atom stereocenters. The van der Waals surface area contributed by atoms with Crippen LogP contribution in [0.4, 0.5) is 8.78 Å². The molecule has 130 valence electrons. The predicted molar refractivity (Wildman–Crippen MR) is 86.0 cm³/mol. The summed E-state index contributed by atoms with van der Waals surface area (Å²) < 4.78 is 29.5. The van der Waals surface area contributed by atoms with E-state index in [4.69, 9.17) is 0 Å². The van der Waals surface area contributed by atoms with Crippen LogP contribution in [0.15, 0.2) is 24.3 Å². The van der Waals surface area contributed by atoms with Crippen LogP contribution in [0.3, 0.4) is 0 Å². The normalized spacial score (nSPS) is 33.7. The quantitative estimate of drug-likeness (QED) is 0.874. The van der Waals surface area contributed by atoms with Gasteiger partial charge >= 0.3 is 6.61 Å². The third-order valence-electron chi connectivity index (χ3n) is 6.14. The largest absolute Gasteiger partial charge is 0.434 e. The highest BCUT2D eigenvalue weighted by atomic mass is 19.3. The molecular weight excluding hydrogens is 312 g/mol. The Balaban J connectivity index is 1.44. The second-order valence-corrected chi connectivity index (χ2v) is 7.97. The first-order valence-corrected chi connectivity index (χ1v) is 8.85. The van der Waals surface area contributed by atoms with E-state index in [0.29, 0.717) is 6.54 Å². The van der Waals surface area contributed by atoms with E-state index in [0.717, 1.165) is 17.8 Å². The van der Waals surface area contributed by atoms with E-state index < -0.39 is 6.61 Å². The molecule has 1 aromatic carbocycles. The molecule has 4 fully saturated rings. The summed E-state index contributed by atoms with van der Waals surface area (Å²) in [6, 6.07) is 6.20. The summed E-state index contributed by atoms with van der Waals surface area (Å²) in [7, 11) is 0. The molecule has 0 spiro atoms. The van der Waals surface area contributed by atoms with Crippen molar-refractivity contribution in [2.24, 2.45) is 23.2 Å². The highest BCUT2D eigenvalue weighted by molar-refractivity contribution is 5.96. The van der Waals surface area contributed by atoms with Gasteiger partial charge in [0.15, 0.2) is 0 Å². The number of alkyl halides is 2. The van der Waals surface area contributed by atoms with E-state index in [-0.39, 0.29) is 22.6 Å². The highest BCUT2D eigenvalue weighted by Gasteiger charge is 2.50. The standard InChI is InChI=1S/C19H23F2NO2/c20-18(21)24-16-4-2-1-3-15(16)17(23)22-11-19-8-12-5-13(9-19)7-14(6-12)10-19/h1-4,12-14,18H,5-11H2,(H,22,23). The summed E-state index contributed by atoms with van der Waals surface area (Å²) in [5.74, 6) is 2.09. The molecule has 4 saturated carbocycles. The minimum Gasteiger partial charge on any atom is -0.434 e. The number of hydrogen-bond acceptors (Lipinski definition) is 2. The molecule has 5 rings (SSSR count). The Hall–Kier alpha value is -1.65. The molecular formula is C19H23F2NO2. The summed E-state index contributed by atoms with van der Waals surface area (Å²) in [5, 5.41) is 3.01. The monoisotopic (exact) mass is 335 g/mol. The van der Waals surface area contributed by atoms with Crippen molar-refractivity contribution in [3.05, 3.63) is 29.8 Å². The third kappa shape index (κ3) is 3.01. The molecule has 0 radical (unpaired) electrons. The van der Waals surface area contributed by atoms with Crippen molar-refractivity contribution in [2.45, 2.75) is 45.1 Å². The fourth-order valence-corrected chi connectivity index (χ4v) is 5.72. The Morgan fingerprint density at radius 3 is 2.29 bits per heavy atom. The summed E-state index contributed by atoms with van der Waals surface area (Å²) >= 11 is 0. The zero-order valence-corrected chi connectivity index (χ0v) is 13.6. The second-order valence-electron chi connectivity index (χ2n) is 7.97. The average Bonchev–Trinajstić information content (AvgIpc) is 2.51. The Morgan fingerprint density at radius 2 is 1.71 bits per heavy atom. The van der Waals surface area contributed by atoms with Gasteiger partial charge < -0.3 is 10.1 Å². The lowest BCUT2D eigenvalue weighted by molar-refractivity contribution is -0.0518. The van der Waals surface area contributed by atoms with Crippen molar-refractivity contribution in [1.29, 1.82) is 0 Å². The van der Waals surface area contributed by atoms with Gasteiger partial charge in [-0.1, -0.05) is 12.1 Å². The van der Waals surface area contributed by atoms with E-state index in [1.54, 1.807) is 12.1 Å². The maximum atomic E-state index is 12.5. The fraction of sp³-hybridized carbons (Fsp3) is 0.632. The second kappa shape index (κ2) is 6.01. The van der Waals surface area contributed by atoms with E-state index in [2.05, 4.69) is 10.1 Å². The third-order valence-corrected chi connectivity index (χ3v) is 6.14. The number of hydrogen-bond donors (Lipinski definition) is 1. The Bertz CT molecular complexity index is 596. The Morgan fingerprint density at radius 1 is 1.12 bits per heavy atom.